The molecule has 0 saturated carbocycles. The predicted molar refractivity (Wildman–Crippen MR) is 38.7 cm³/mol. The summed E-state index contributed by atoms with van der Waals surface area (Å²) in [5.74, 6) is 1.51. The molecule has 0 N–H and O–H groups in total. The number of hydrogen-bond acceptors (Lipinski definition) is 1. The van der Waals surface area contributed by atoms with E-state index in [4.69, 9.17) is 5.26 Å². The molecule has 1 heteroatoms. The van der Waals surface area contributed by atoms with Crippen LogP contribution in [0.4, 0.5) is 0 Å². The summed E-state index contributed by atoms with van der Waals surface area (Å²) in [6.45, 7) is 4.30. The molecule has 1 nitrogen and oxygen atoms in total. The lowest BCUT2D eigenvalue weighted by Crippen LogP contribution is -1.91. The maximum Gasteiger partial charge on any atom is 0.0621 e. The first-order valence-electron chi connectivity index (χ1n) is 3.55. The van der Waals surface area contributed by atoms with Crippen LogP contribution in [0.2, 0.25) is 0 Å². The van der Waals surface area contributed by atoms with Crippen molar-refractivity contribution in [2.75, 3.05) is 0 Å². The van der Waals surface area contributed by atoms with Gasteiger partial charge in [0.2, 0.25) is 0 Å². The van der Waals surface area contributed by atoms with Gasteiger partial charge in [-0.05, 0) is 25.2 Å². The van der Waals surface area contributed by atoms with Crippen LogP contribution in [0.25, 0.3) is 0 Å². The van der Waals surface area contributed by atoms with Crippen LogP contribution < -0.4 is 0 Å². The summed E-state index contributed by atoms with van der Waals surface area (Å²) in [5.41, 5.74) is 0. The van der Waals surface area contributed by atoms with Gasteiger partial charge in [0.25, 0.3) is 0 Å². The van der Waals surface area contributed by atoms with E-state index < -0.39 is 0 Å². The number of hydrogen-bond donors (Lipinski definition) is 0. The Morgan fingerprint density at radius 1 is 1.33 bits per heavy atom. The van der Waals surface area contributed by atoms with Crippen molar-refractivity contribution in [3.05, 3.63) is 5.92 Å². The van der Waals surface area contributed by atoms with E-state index in [0.717, 1.165) is 19.3 Å². The van der Waals surface area contributed by atoms with E-state index in [1.165, 1.54) is 5.92 Å². The summed E-state index contributed by atoms with van der Waals surface area (Å²) in [6.07, 6.45) is 3.97. The van der Waals surface area contributed by atoms with E-state index in [0.29, 0.717) is 6.42 Å². The Labute approximate surface area is 57.7 Å². The average molecular weight is 124 g/mol. The van der Waals surface area contributed by atoms with Gasteiger partial charge in [0.1, 0.15) is 0 Å². The normalized spacial score (nSPS) is 9.56. The van der Waals surface area contributed by atoms with Crippen molar-refractivity contribution in [1.82, 2.24) is 0 Å². The second-order valence-corrected chi connectivity index (χ2v) is 2.12. The highest BCUT2D eigenvalue weighted by atomic mass is 14.2. The molecule has 0 aliphatic carbocycles. The first-order valence-corrected chi connectivity index (χ1v) is 3.55. The van der Waals surface area contributed by atoms with Crippen LogP contribution in [0.15, 0.2) is 0 Å². The van der Waals surface area contributed by atoms with E-state index >= 15 is 0 Å². The second-order valence-electron chi connectivity index (χ2n) is 2.12. The zero-order valence-electron chi connectivity index (χ0n) is 6.28. The minimum Gasteiger partial charge on any atom is -0.198 e. The molecule has 0 aromatic heterocycles. The zero-order valence-corrected chi connectivity index (χ0v) is 6.28. The molecule has 1 radical (unpaired) electrons. The molecular weight excluding hydrogens is 110 g/mol. The topological polar surface area (TPSA) is 23.8 Å². The van der Waals surface area contributed by atoms with Crippen LogP contribution >= 0.6 is 0 Å². The maximum absolute atomic E-state index is 8.24. The molecule has 0 fully saturated rings. The molecule has 0 unspecified atom stereocenters. The summed E-state index contributed by atoms with van der Waals surface area (Å²) in [4.78, 5) is 0. The van der Waals surface area contributed by atoms with Gasteiger partial charge < -0.3 is 0 Å². The summed E-state index contributed by atoms with van der Waals surface area (Å²) >= 11 is 0. The monoisotopic (exact) mass is 124 g/mol. The third-order valence-corrected chi connectivity index (χ3v) is 1.59. The SMILES string of the molecule is CC[C](CC)CCC#N. The fourth-order valence-electron chi connectivity index (χ4n) is 0.836. The van der Waals surface area contributed by atoms with Crippen molar-refractivity contribution in [3.63, 3.8) is 0 Å². The molecule has 0 heterocycles. The van der Waals surface area contributed by atoms with Gasteiger partial charge in [0.05, 0.1) is 6.07 Å². The lowest BCUT2D eigenvalue weighted by molar-refractivity contribution is 0.712. The number of rotatable bonds is 4. The Bertz CT molecular complexity index is 87.2. The fraction of sp³-hybridized carbons (Fsp3) is 0.750. The van der Waals surface area contributed by atoms with Gasteiger partial charge in [0, 0.05) is 6.42 Å². The molecule has 0 aliphatic heterocycles. The third-order valence-electron chi connectivity index (χ3n) is 1.59. The first kappa shape index (κ1) is 8.49. The maximum atomic E-state index is 8.24. The fourth-order valence-corrected chi connectivity index (χ4v) is 0.836. The van der Waals surface area contributed by atoms with Crippen LogP contribution in [-0.2, 0) is 0 Å². The van der Waals surface area contributed by atoms with Crippen LogP contribution in [0.5, 0.6) is 0 Å². The lowest BCUT2D eigenvalue weighted by atomic mass is 9.98. The molecular formula is C8H14N. The minimum atomic E-state index is 0.691. The predicted octanol–water partition coefficient (Wildman–Crippen LogP) is 2.68. The Morgan fingerprint density at radius 3 is 2.22 bits per heavy atom. The molecule has 0 aromatic carbocycles. The largest absolute Gasteiger partial charge is 0.198 e. The van der Waals surface area contributed by atoms with Crippen LogP contribution in [0.3, 0.4) is 0 Å². The zero-order chi connectivity index (χ0) is 7.11. The van der Waals surface area contributed by atoms with Crippen LogP contribution in [0, 0.1) is 17.2 Å². The Hall–Kier alpha value is -0.510. The Kier molecular flexibility index (Phi) is 5.30. The molecule has 0 aliphatic rings. The molecule has 0 saturated heterocycles. The van der Waals surface area contributed by atoms with Crippen molar-refractivity contribution >= 4 is 0 Å². The third kappa shape index (κ3) is 4.02. The number of nitrogens with zero attached hydrogens (tertiary/aromatic N) is 1. The molecule has 0 aromatic rings. The molecule has 0 atom stereocenters. The van der Waals surface area contributed by atoms with Crippen molar-refractivity contribution in [2.45, 2.75) is 39.5 Å². The highest BCUT2D eigenvalue weighted by Gasteiger charge is 2.01. The van der Waals surface area contributed by atoms with Crippen molar-refractivity contribution in [1.29, 1.82) is 5.26 Å². The van der Waals surface area contributed by atoms with E-state index in [-0.39, 0.29) is 0 Å². The van der Waals surface area contributed by atoms with Crippen molar-refractivity contribution in [3.8, 4) is 6.07 Å². The summed E-state index contributed by atoms with van der Waals surface area (Å²) < 4.78 is 0. The van der Waals surface area contributed by atoms with Gasteiger partial charge in [-0.15, -0.1) is 0 Å². The molecule has 0 bridgehead atoms. The van der Waals surface area contributed by atoms with E-state index in [1.807, 2.05) is 0 Å². The first-order chi connectivity index (χ1) is 4.35. The molecule has 9 heavy (non-hydrogen) atoms. The van der Waals surface area contributed by atoms with E-state index in [2.05, 4.69) is 19.9 Å². The second kappa shape index (κ2) is 5.62. The van der Waals surface area contributed by atoms with Gasteiger partial charge in [0.15, 0.2) is 0 Å². The average Bonchev–Trinajstić information content (AvgIpc) is 1.91. The van der Waals surface area contributed by atoms with Crippen molar-refractivity contribution < 1.29 is 0 Å². The summed E-state index contributed by atoms with van der Waals surface area (Å²) in [5, 5.41) is 8.24. The minimum absolute atomic E-state index is 0.691. The smallest absolute Gasteiger partial charge is 0.0621 e. The quantitative estimate of drug-likeness (QED) is 0.565. The van der Waals surface area contributed by atoms with Crippen LogP contribution in [-0.4, -0.2) is 0 Å². The molecule has 0 amide bonds. The summed E-state index contributed by atoms with van der Waals surface area (Å²) in [6, 6.07) is 2.15. The summed E-state index contributed by atoms with van der Waals surface area (Å²) in [7, 11) is 0. The van der Waals surface area contributed by atoms with E-state index in [1.54, 1.807) is 0 Å². The van der Waals surface area contributed by atoms with E-state index in [9.17, 15) is 0 Å². The molecule has 0 rings (SSSR count). The van der Waals surface area contributed by atoms with Gasteiger partial charge >= 0.3 is 0 Å². The standard InChI is InChI=1S/C8H14N/c1-3-8(4-2)6-5-7-9/h3-6H2,1-2H3. The Morgan fingerprint density at radius 2 is 1.89 bits per heavy atom. The molecule has 51 valence electrons. The van der Waals surface area contributed by atoms with Gasteiger partial charge in [-0.1, -0.05) is 13.8 Å². The highest BCUT2D eigenvalue weighted by Crippen LogP contribution is 2.16. The van der Waals surface area contributed by atoms with Gasteiger partial charge in [-0.2, -0.15) is 5.26 Å². The molecule has 0 spiro atoms. The van der Waals surface area contributed by atoms with Gasteiger partial charge in [-0.25, -0.2) is 0 Å². The van der Waals surface area contributed by atoms with Crippen LogP contribution in [0.1, 0.15) is 39.5 Å². The Balaban J connectivity index is 3.22. The lowest BCUT2D eigenvalue weighted by Gasteiger charge is -2.06. The number of nitriles is 1. The van der Waals surface area contributed by atoms with Gasteiger partial charge in [-0.3, -0.25) is 0 Å². The van der Waals surface area contributed by atoms with Crippen molar-refractivity contribution in [2.24, 2.45) is 0 Å². The highest BCUT2D eigenvalue weighted by molar-refractivity contribution is 4.89.